The summed E-state index contributed by atoms with van der Waals surface area (Å²) in [4.78, 5) is 6.80. The number of alkyl halides is 2. The summed E-state index contributed by atoms with van der Waals surface area (Å²) in [6, 6.07) is 0. The average molecular weight is 263 g/mol. The van der Waals surface area contributed by atoms with Gasteiger partial charge in [-0.3, -0.25) is 0 Å². The number of morpholine rings is 1. The molecule has 17 heavy (non-hydrogen) atoms. The molecule has 0 aliphatic carbocycles. The Bertz CT molecular complexity index is 355. The maximum absolute atomic E-state index is 12.7. The Kier molecular flexibility index (Phi) is 4.25. The van der Waals surface area contributed by atoms with Crippen LogP contribution in [-0.4, -0.2) is 44.3 Å². The fourth-order valence-corrected chi connectivity index (χ4v) is 2.78. The van der Waals surface area contributed by atoms with Crippen molar-refractivity contribution in [2.45, 2.75) is 12.3 Å². The SMILES string of the molecule is NCC(c1cnc(N2CCOCC2)s1)C(F)F. The topological polar surface area (TPSA) is 51.4 Å². The standard InChI is InChI=1S/C10H15F2N3OS/c11-9(12)7(5-13)8-6-14-10(17-8)15-1-3-16-4-2-15/h6-7,9H,1-5,13H2. The second-order valence-electron chi connectivity index (χ2n) is 3.82. The van der Waals surface area contributed by atoms with Gasteiger partial charge in [0.25, 0.3) is 0 Å². The van der Waals surface area contributed by atoms with Crippen molar-refractivity contribution in [2.75, 3.05) is 37.7 Å². The maximum atomic E-state index is 12.7. The number of nitrogens with zero attached hydrogens (tertiary/aromatic N) is 2. The third kappa shape index (κ3) is 2.91. The number of ether oxygens (including phenoxy) is 1. The number of hydrogen-bond donors (Lipinski definition) is 1. The van der Waals surface area contributed by atoms with Crippen LogP contribution in [0.15, 0.2) is 6.20 Å². The first-order valence-corrected chi connectivity index (χ1v) is 6.30. The zero-order valence-corrected chi connectivity index (χ0v) is 10.1. The van der Waals surface area contributed by atoms with Crippen molar-refractivity contribution in [3.05, 3.63) is 11.1 Å². The Labute approximate surface area is 102 Å². The van der Waals surface area contributed by atoms with Crippen LogP contribution in [0.25, 0.3) is 0 Å². The molecular weight excluding hydrogens is 248 g/mol. The van der Waals surface area contributed by atoms with E-state index >= 15 is 0 Å². The molecule has 0 aromatic carbocycles. The van der Waals surface area contributed by atoms with Gasteiger partial charge < -0.3 is 15.4 Å². The van der Waals surface area contributed by atoms with Crippen LogP contribution in [0, 0.1) is 0 Å². The number of nitrogens with two attached hydrogens (primary N) is 1. The monoisotopic (exact) mass is 263 g/mol. The number of halogens is 2. The second kappa shape index (κ2) is 5.70. The lowest BCUT2D eigenvalue weighted by Gasteiger charge is -2.26. The average Bonchev–Trinajstić information content (AvgIpc) is 2.80. The van der Waals surface area contributed by atoms with Gasteiger partial charge in [0.1, 0.15) is 0 Å². The number of anilines is 1. The van der Waals surface area contributed by atoms with Crippen molar-refractivity contribution in [2.24, 2.45) is 5.73 Å². The van der Waals surface area contributed by atoms with Crippen LogP contribution < -0.4 is 10.6 Å². The molecule has 1 fully saturated rings. The first-order chi connectivity index (χ1) is 8.22. The minimum atomic E-state index is -2.43. The molecule has 1 unspecified atom stereocenters. The maximum Gasteiger partial charge on any atom is 0.247 e. The van der Waals surface area contributed by atoms with Gasteiger partial charge in [0, 0.05) is 30.7 Å². The zero-order valence-electron chi connectivity index (χ0n) is 9.31. The first-order valence-electron chi connectivity index (χ1n) is 5.49. The molecular formula is C10H15F2N3OS. The summed E-state index contributed by atoms with van der Waals surface area (Å²) >= 11 is 1.30. The highest BCUT2D eigenvalue weighted by atomic mass is 32.1. The molecule has 1 aromatic rings. The number of hydrogen-bond acceptors (Lipinski definition) is 5. The summed E-state index contributed by atoms with van der Waals surface area (Å²) in [5.74, 6) is -0.901. The van der Waals surface area contributed by atoms with E-state index in [9.17, 15) is 8.78 Å². The van der Waals surface area contributed by atoms with Gasteiger partial charge >= 0.3 is 0 Å². The van der Waals surface area contributed by atoms with E-state index in [0.29, 0.717) is 18.1 Å². The minimum Gasteiger partial charge on any atom is -0.378 e. The summed E-state index contributed by atoms with van der Waals surface area (Å²) in [5.41, 5.74) is 5.36. The van der Waals surface area contributed by atoms with Crippen molar-refractivity contribution in [1.29, 1.82) is 0 Å². The Morgan fingerprint density at radius 3 is 2.76 bits per heavy atom. The van der Waals surface area contributed by atoms with Crippen LogP contribution in [0.3, 0.4) is 0 Å². The molecule has 1 saturated heterocycles. The lowest BCUT2D eigenvalue weighted by atomic mass is 10.1. The summed E-state index contributed by atoms with van der Waals surface area (Å²) in [5, 5.41) is 0.780. The molecule has 1 aliphatic rings. The van der Waals surface area contributed by atoms with Gasteiger partial charge in [0.2, 0.25) is 6.43 Å². The molecule has 0 amide bonds. The predicted octanol–water partition coefficient (Wildman–Crippen LogP) is 1.29. The van der Waals surface area contributed by atoms with E-state index in [1.54, 1.807) is 0 Å². The van der Waals surface area contributed by atoms with Crippen LogP contribution in [0.2, 0.25) is 0 Å². The summed E-state index contributed by atoms with van der Waals surface area (Å²) in [6.07, 6.45) is -0.919. The van der Waals surface area contributed by atoms with Crippen LogP contribution in [0.4, 0.5) is 13.9 Å². The zero-order chi connectivity index (χ0) is 12.3. The van der Waals surface area contributed by atoms with Gasteiger partial charge in [0.15, 0.2) is 5.13 Å². The quantitative estimate of drug-likeness (QED) is 0.889. The largest absolute Gasteiger partial charge is 0.378 e. The smallest absolute Gasteiger partial charge is 0.247 e. The lowest BCUT2D eigenvalue weighted by molar-refractivity contribution is 0.118. The normalized spacial score (nSPS) is 18.7. The van der Waals surface area contributed by atoms with Crippen molar-refractivity contribution >= 4 is 16.5 Å². The van der Waals surface area contributed by atoms with Crippen LogP contribution in [0.5, 0.6) is 0 Å². The summed E-state index contributed by atoms with van der Waals surface area (Å²) in [6.45, 7) is 2.78. The van der Waals surface area contributed by atoms with E-state index in [4.69, 9.17) is 10.5 Å². The van der Waals surface area contributed by atoms with Crippen molar-refractivity contribution < 1.29 is 13.5 Å². The molecule has 1 atom stereocenters. The molecule has 4 nitrogen and oxygen atoms in total. The van der Waals surface area contributed by atoms with Gasteiger partial charge in [-0.2, -0.15) is 0 Å². The van der Waals surface area contributed by atoms with E-state index < -0.39 is 12.3 Å². The highest BCUT2D eigenvalue weighted by Crippen LogP contribution is 2.31. The van der Waals surface area contributed by atoms with Crippen LogP contribution >= 0.6 is 11.3 Å². The van der Waals surface area contributed by atoms with E-state index in [0.717, 1.165) is 18.2 Å². The number of aromatic nitrogens is 1. The van der Waals surface area contributed by atoms with Crippen LogP contribution in [0.1, 0.15) is 10.8 Å². The molecule has 1 aliphatic heterocycles. The molecule has 0 spiro atoms. The van der Waals surface area contributed by atoms with Crippen molar-refractivity contribution in [1.82, 2.24) is 4.98 Å². The predicted molar refractivity (Wildman–Crippen MR) is 62.9 cm³/mol. The number of rotatable bonds is 4. The molecule has 7 heteroatoms. The van der Waals surface area contributed by atoms with Gasteiger partial charge in [-0.05, 0) is 0 Å². The fraction of sp³-hybridized carbons (Fsp3) is 0.700. The Hall–Kier alpha value is -0.790. The lowest BCUT2D eigenvalue weighted by Crippen LogP contribution is -2.36. The fourth-order valence-electron chi connectivity index (χ4n) is 1.69. The highest BCUT2D eigenvalue weighted by molar-refractivity contribution is 7.15. The minimum absolute atomic E-state index is 0.0532. The van der Waals surface area contributed by atoms with Gasteiger partial charge in [-0.25, -0.2) is 13.8 Å². The van der Waals surface area contributed by atoms with Gasteiger partial charge in [-0.15, -0.1) is 11.3 Å². The molecule has 0 saturated carbocycles. The molecule has 2 heterocycles. The third-order valence-electron chi connectivity index (χ3n) is 2.72. The Morgan fingerprint density at radius 2 is 2.18 bits per heavy atom. The molecule has 0 radical (unpaired) electrons. The van der Waals surface area contributed by atoms with E-state index in [2.05, 4.69) is 9.88 Å². The Balaban J connectivity index is 2.08. The summed E-state index contributed by atoms with van der Waals surface area (Å²) in [7, 11) is 0. The molecule has 2 N–H and O–H groups in total. The molecule has 0 bridgehead atoms. The van der Waals surface area contributed by atoms with E-state index in [1.807, 2.05) is 0 Å². The molecule has 96 valence electrons. The molecule has 2 rings (SSSR count). The highest BCUT2D eigenvalue weighted by Gasteiger charge is 2.24. The van der Waals surface area contributed by atoms with E-state index in [-0.39, 0.29) is 6.54 Å². The summed E-state index contributed by atoms with van der Waals surface area (Å²) < 4.78 is 30.6. The van der Waals surface area contributed by atoms with Crippen molar-refractivity contribution in [3.63, 3.8) is 0 Å². The number of thiazole rings is 1. The van der Waals surface area contributed by atoms with Gasteiger partial charge in [-0.1, -0.05) is 0 Å². The molecule has 1 aromatic heterocycles. The Morgan fingerprint density at radius 1 is 1.47 bits per heavy atom. The van der Waals surface area contributed by atoms with Gasteiger partial charge in [0.05, 0.1) is 19.1 Å². The van der Waals surface area contributed by atoms with Crippen LogP contribution in [-0.2, 0) is 4.74 Å². The first kappa shape index (κ1) is 12.7. The van der Waals surface area contributed by atoms with Crippen molar-refractivity contribution in [3.8, 4) is 0 Å². The van der Waals surface area contributed by atoms with E-state index in [1.165, 1.54) is 17.5 Å². The second-order valence-corrected chi connectivity index (χ2v) is 4.86. The third-order valence-corrected chi connectivity index (χ3v) is 3.91.